The molecule has 162 valence electrons. The number of nitrogens with one attached hydrogen (secondary N) is 1. The molecule has 1 amide bonds. The molecule has 0 spiro atoms. The van der Waals surface area contributed by atoms with Gasteiger partial charge in [-0.15, -0.1) is 0 Å². The maximum Gasteiger partial charge on any atom is 0.244 e. The maximum atomic E-state index is 11.7. The molecule has 0 radical (unpaired) electrons. The van der Waals surface area contributed by atoms with Crippen molar-refractivity contribution in [2.75, 3.05) is 6.61 Å². The topological polar surface area (TPSA) is 51.2 Å². The minimum absolute atomic E-state index is 0.0260. The molecular weight excluding hydrogens is 372 g/mol. The Bertz CT molecular complexity index is 827. The zero-order chi connectivity index (χ0) is 21.6. The number of aromatic nitrogens is 1. The molecule has 4 heteroatoms. The standard InChI is InChI=1S/C26H36N2O2/c1-21(2)22(3)27-25(29)17-11-9-7-5-4-6-8-10-14-20-30-26-19-18-23-15-12-13-16-24(23)28-26/h7,9,11-13,15-19,21-22H,4-6,8,10,14,20H2,1-3H3,(H,27,29)/b9-7+,17-11+. The van der Waals surface area contributed by atoms with Crippen molar-refractivity contribution in [3.63, 3.8) is 0 Å². The lowest BCUT2D eigenvalue weighted by Gasteiger charge is -2.15. The van der Waals surface area contributed by atoms with Crippen LogP contribution >= 0.6 is 0 Å². The minimum Gasteiger partial charge on any atom is -0.478 e. The van der Waals surface area contributed by atoms with Gasteiger partial charge >= 0.3 is 0 Å². The first kappa shape index (κ1) is 23.7. The number of allylic oxidation sites excluding steroid dienone is 3. The average molecular weight is 409 g/mol. The van der Waals surface area contributed by atoms with E-state index in [9.17, 15) is 4.79 Å². The zero-order valence-corrected chi connectivity index (χ0v) is 18.6. The number of carbonyl (C=O) groups is 1. The molecule has 0 aliphatic heterocycles. The highest BCUT2D eigenvalue weighted by molar-refractivity contribution is 5.87. The maximum absolute atomic E-state index is 11.7. The fourth-order valence-corrected chi connectivity index (χ4v) is 2.96. The molecule has 2 aromatic rings. The molecule has 0 saturated carbocycles. The van der Waals surface area contributed by atoms with Crippen molar-refractivity contribution in [1.82, 2.24) is 10.3 Å². The van der Waals surface area contributed by atoms with Gasteiger partial charge in [-0.1, -0.05) is 69.5 Å². The molecule has 0 bridgehead atoms. The summed E-state index contributed by atoms with van der Waals surface area (Å²) in [6.07, 6.45) is 14.4. The molecule has 0 aliphatic rings. The Hall–Kier alpha value is -2.62. The van der Waals surface area contributed by atoms with Crippen molar-refractivity contribution in [1.29, 1.82) is 0 Å². The molecule has 1 aromatic carbocycles. The summed E-state index contributed by atoms with van der Waals surface area (Å²) in [6, 6.07) is 12.3. The SMILES string of the molecule is CC(C)C(C)NC(=O)/C=C/C=C/CCCCCCCOc1ccc2ccccc2n1. The summed E-state index contributed by atoms with van der Waals surface area (Å²) in [5, 5.41) is 4.10. The van der Waals surface area contributed by atoms with Crippen molar-refractivity contribution in [2.45, 2.75) is 65.3 Å². The van der Waals surface area contributed by atoms with Crippen LogP contribution in [0.15, 0.2) is 60.7 Å². The van der Waals surface area contributed by atoms with Crippen LogP contribution in [-0.2, 0) is 4.79 Å². The first-order valence-electron chi connectivity index (χ1n) is 11.2. The van der Waals surface area contributed by atoms with Gasteiger partial charge < -0.3 is 10.1 Å². The zero-order valence-electron chi connectivity index (χ0n) is 18.6. The predicted octanol–water partition coefficient (Wildman–Crippen LogP) is 6.23. The highest BCUT2D eigenvalue weighted by atomic mass is 16.5. The number of rotatable bonds is 13. The number of fused-ring (bicyclic) bond motifs is 1. The van der Waals surface area contributed by atoms with E-state index in [2.05, 4.69) is 42.4 Å². The van der Waals surface area contributed by atoms with E-state index in [1.807, 2.05) is 43.3 Å². The second kappa shape index (κ2) is 13.6. The molecule has 30 heavy (non-hydrogen) atoms. The van der Waals surface area contributed by atoms with E-state index < -0.39 is 0 Å². The molecule has 1 atom stereocenters. The first-order valence-corrected chi connectivity index (χ1v) is 11.2. The quantitative estimate of drug-likeness (QED) is 0.243. The van der Waals surface area contributed by atoms with Gasteiger partial charge in [-0.3, -0.25) is 4.79 Å². The van der Waals surface area contributed by atoms with Gasteiger partial charge in [0.15, 0.2) is 0 Å². The van der Waals surface area contributed by atoms with Crippen molar-refractivity contribution in [2.24, 2.45) is 5.92 Å². The number of pyridine rings is 1. The van der Waals surface area contributed by atoms with Crippen LogP contribution in [0.3, 0.4) is 0 Å². The van der Waals surface area contributed by atoms with Crippen LogP contribution in [0.5, 0.6) is 5.88 Å². The summed E-state index contributed by atoms with van der Waals surface area (Å²) in [5.41, 5.74) is 0.976. The van der Waals surface area contributed by atoms with Crippen molar-refractivity contribution in [3.8, 4) is 5.88 Å². The Labute approximate surface area is 181 Å². The fourth-order valence-electron chi connectivity index (χ4n) is 2.96. The molecule has 1 aromatic heterocycles. The molecular formula is C26H36N2O2. The van der Waals surface area contributed by atoms with Crippen molar-refractivity contribution < 1.29 is 9.53 Å². The van der Waals surface area contributed by atoms with Gasteiger partial charge in [0.25, 0.3) is 0 Å². The Morgan fingerprint density at radius 2 is 1.77 bits per heavy atom. The van der Waals surface area contributed by atoms with Gasteiger partial charge in [0.2, 0.25) is 11.8 Å². The van der Waals surface area contributed by atoms with Crippen LogP contribution in [-0.4, -0.2) is 23.5 Å². The van der Waals surface area contributed by atoms with Crippen LogP contribution in [0.4, 0.5) is 0 Å². The van der Waals surface area contributed by atoms with Crippen molar-refractivity contribution in [3.05, 3.63) is 60.7 Å². The Morgan fingerprint density at radius 1 is 1.00 bits per heavy atom. The number of unbranched alkanes of at least 4 members (excludes halogenated alkanes) is 5. The van der Waals surface area contributed by atoms with E-state index in [4.69, 9.17) is 4.74 Å². The lowest BCUT2D eigenvalue weighted by Crippen LogP contribution is -2.34. The highest BCUT2D eigenvalue weighted by Crippen LogP contribution is 2.16. The lowest BCUT2D eigenvalue weighted by atomic mass is 10.1. The van der Waals surface area contributed by atoms with Crippen molar-refractivity contribution >= 4 is 16.8 Å². The van der Waals surface area contributed by atoms with Gasteiger partial charge in [0.05, 0.1) is 12.1 Å². The van der Waals surface area contributed by atoms with E-state index in [-0.39, 0.29) is 11.9 Å². The minimum atomic E-state index is -0.0260. The Balaban J connectivity index is 1.47. The Morgan fingerprint density at radius 3 is 2.60 bits per heavy atom. The van der Waals surface area contributed by atoms with Crippen LogP contribution < -0.4 is 10.1 Å². The summed E-state index contributed by atoms with van der Waals surface area (Å²) in [6.45, 7) is 6.94. The number of amides is 1. The molecule has 0 saturated heterocycles. The number of ether oxygens (including phenoxy) is 1. The largest absolute Gasteiger partial charge is 0.478 e. The van der Waals surface area contributed by atoms with Gasteiger partial charge in [0.1, 0.15) is 0 Å². The smallest absolute Gasteiger partial charge is 0.244 e. The molecule has 1 heterocycles. The fraction of sp³-hybridized carbons (Fsp3) is 0.462. The van der Waals surface area contributed by atoms with E-state index in [1.54, 1.807) is 6.08 Å². The molecule has 1 N–H and O–H groups in total. The summed E-state index contributed by atoms with van der Waals surface area (Å²) in [4.78, 5) is 16.3. The third kappa shape index (κ3) is 9.25. The van der Waals surface area contributed by atoms with Gasteiger partial charge in [-0.2, -0.15) is 0 Å². The number of benzene rings is 1. The second-order valence-corrected chi connectivity index (χ2v) is 8.08. The third-order valence-corrected chi connectivity index (χ3v) is 5.20. The van der Waals surface area contributed by atoms with E-state index in [1.165, 1.54) is 25.7 Å². The summed E-state index contributed by atoms with van der Waals surface area (Å²) < 4.78 is 5.78. The normalized spacial score (nSPS) is 12.8. The number of hydrogen-bond acceptors (Lipinski definition) is 3. The van der Waals surface area contributed by atoms with Crippen LogP contribution in [0.1, 0.15) is 59.3 Å². The summed E-state index contributed by atoms with van der Waals surface area (Å²) in [5.74, 6) is 1.13. The van der Waals surface area contributed by atoms with Gasteiger partial charge in [-0.25, -0.2) is 4.98 Å². The van der Waals surface area contributed by atoms with E-state index in [0.29, 0.717) is 18.4 Å². The highest BCUT2D eigenvalue weighted by Gasteiger charge is 2.07. The Kier molecular flexibility index (Phi) is 10.7. The van der Waals surface area contributed by atoms with Crippen LogP contribution in [0, 0.1) is 5.92 Å². The number of nitrogens with zero attached hydrogens (tertiary/aromatic N) is 1. The van der Waals surface area contributed by atoms with Gasteiger partial charge in [-0.05, 0) is 44.2 Å². The van der Waals surface area contributed by atoms with Crippen LogP contribution in [0.25, 0.3) is 10.9 Å². The predicted molar refractivity (Wildman–Crippen MR) is 126 cm³/mol. The van der Waals surface area contributed by atoms with E-state index >= 15 is 0 Å². The third-order valence-electron chi connectivity index (χ3n) is 5.20. The summed E-state index contributed by atoms with van der Waals surface area (Å²) in [7, 11) is 0. The molecule has 4 nitrogen and oxygen atoms in total. The summed E-state index contributed by atoms with van der Waals surface area (Å²) >= 11 is 0. The monoisotopic (exact) mass is 408 g/mol. The second-order valence-electron chi connectivity index (χ2n) is 8.08. The number of hydrogen-bond donors (Lipinski definition) is 1. The molecule has 0 fully saturated rings. The lowest BCUT2D eigenvalue weighted by molar-refractivity contribution is -0.117. The number of para-hydroxylation sites is 1. The molecule has 1 unspecified atom stereocenters. The van der Waals surface area contributed by atoms with Crippen LogP contribution in [0.2, 0.25) is 0 Å². The number of carbonyl (C=O) groups excluding carboxylic acids is 1. The molecule has 0 aliphatic carbocycles. The average Bonchev–Trinajstić information content (AvgIpc) is 2.74. The van der Waals surface area contributed by atoms with Gasteiger partial charge in [0, 0.05) is 23.6 Å². The molecule has 2 rings (SSSR count). The first-order chi connectivity index (χ1) is 14.6. The van der Waals surface area contributed by atoms with E-state index in [0.717, 1.165) is 23.7 Å².